The lowest BCUT2D eigenvalue weighted by Gasteiger charge is -2.05. The first kappa shape index (κ1) is 10.6. The van der Waals surface area contributed by atoms with Gasteiger partial charge in [-0.25, -0.2) is 0 Å². The fourth-order valence-electron chi connectivity index (χ4n) is 1.18. The van der Waals surface area contributed by atoms with Crippen LogP contribution in [-0.2, 0) is 7.05 Å². The van der Waals surface area contributed by atoms with E-state index >= 15 is 0 Å². The highest BCUT2D eigenvalue weighted by Gasteiger charge is 2.09. The van der Waals surface area contributed by atoms with Crippen molar-refractivity contribution in [2.24, 2.45) is 7.05 Å². The van der Waals surface area contributed by atoms with E-state index in [2.05, 4.69) is 11.4 Å². The van der Waals surface area contributed by atoms with Crippen molar-refractivity contribution in [1.29, 1.82) is 0 Å². The van der Waals surface area contributed by atoms with E-state index in [1.54, 1.807) is 4.68 Å². The number of thioether (sulfide) groups is 1. The highest BCUT2D eigenvalue weighted by Crippen LogP contribution is 2.16. The van der Waals surface area contributed by atoms with Gasteiger partial charge in [0.05, 0.1) is 11.8 Å². The summed E-state index contributed by atoms with van der Waals surface area (Å²) in [5.74, 6) is 1.10. The molecule has 0 bridgehead atoms. The van der Waals surface area contributed by atoms with Gasteiger partial charge in [0.1, 0.15) is 0 Å². The Labute approximate surface area is 83.1 Å². The second kappa shape index (κ2) is 5.29. The Morgan fingerprint density at radius 2 is 2.46 bits per heavy atom. The average molecular weight is 200 g/mol. The second-order valence-electron chi connectivity index (χ2n) is 3.07. The molecule has 13 heavy (non-hydrogen) atoms. The molecule has 1 unspecified atom stereocenters. The average Bonchev–Trinajstić information content (AvgIpc) is 2.52. The van der Waals surface area contributed by atoms with E-state index in [0.717, 1.165) is 24.3 Å². The molecule has 0 aliphatic rings. The molecular formula is C9H16N2OS. The van der Waals surface area contributed by atoms with Gasteiger partial charge < -0.3 is 5.11 Å². The van der Waals surface area contributed by atoms with Crippen molar-refractivity contribution in [2.75, 3.05) is 12.0 Å². The Hall–Kier alpha value is -0.480. The van der Waals surface area contributed by atoms with Crippen LogP contribution in [0, 0.1) is 0 Å². The van der Waals surface area contributed by atoms with Gasteiger partial charge in [-0.1, -0.05) is 0 Å². The number of aryl methyl sites for hydroxylation is 1. The number of nitrogens with zero attached hydrogens (tertiary/aromatic N) is 2. The summed E-state index contributed by atoms with van der Waals surface area (Å²) >= 11 is 1.81. The van der Waals surface area contributed by atoms with Crippen LogP contribution in [0.5, 0.6) is 0 Å². The summed E-state index contributed by atoms with van der Waals surface area (Å²) < 4.78 is 1.72. The van der Waals surface area contributed by atoms with Gasteiger partial charge in [-0.15, -0.1) is 0 Å². The third-order valence-electron chi connectivity index (χ3n) is 1.90. The van der Waals surface area contributed by atoms with E-state index in [1.165, 1.54) is 0 Å². The van der Waals surface area contributed by atoms with Crippen LogP contribution in [0.1, 0.15) is 24.6 Å². The molecule has 0 saturated heterocycles. The molecule has 4 heteroatoms. The van der Waals surface area contributed by atoms with E-state index in [0.29, 0.717) is 0 Å². The van der Waals surface area contributed by atoms with Crippen LogP contribution in [-0.4, -0.2) is 26.9 Å². The maximum Gasteiger partial charge on any atom is 0.0978 e. The van der Waals surface area contributed by atoms with Crippen molar-refractivity contribution in [2.45, 2.75) is 18.9 Å². The predicted molar refractivity (Wildman–Crippen MR) is 55.8 cm³/mol. The molecule has 0 aliphatic carbocycles. The van der Waals surface area contributed by atoms with Crippen molar-refractivity contribution in [3.8, 4) is 0 Å². The zero-order valence-corrected chi connectivity index (χ0v) is 8.92. The number of hydrogen-bond donors (Lipinski definition) is 1. The van der Waals surface area contributed by atoms with Crippen molar-refractivity contribution in [3.05, 3.63) is 18.0 Å². The Morgan fingerprint density at radius 1 is 1.69 bits per heavy atom. The van der Waals surface area contributed by atoms with Crippen LogP contribution in [0.2, 0.25) is 0 Å². The molecule has 0 spiro atoms. The highest BCUT2D eigenvalue weighted by molar-refractivity contribution is 7.98. The fourth-order valence-corrected chi connectivity index (χ4v) is 1.64. The molecule has 1 atom stereocenters. The number of rotatable bonds is 5. The van der Waals surface area contributed by atoms with E-state index in [9.17, 15) is 5.11 Å². The molecule has 74 valence electrons. The molecular weight excluding hydrogens is 184 g/mol. The van der Waals surface area contributed by atoms with Crippen LogP contribution < -0.4 is 0 Å². The summed E-state index contributed by atoms with van der Waals surface area (Å²) in [5, 5.41) is 13.8. The van der Waals surface area contributed by atoms with Gasteiger partial charge >= 0.3 is 0 Å². The smallest absolute Gasteiger partial charge is 0.0978 e. The minimum Gasteiger partial charge on any atom is -0.387 e. The molecule has 3 nitrogen and oxygen atoms in total. The molecule has 1 rings (SSSR count). The molecule has 0 fully saturated rings. The maximum absolute atomic E-state index is 9.68. The van der Waals surface area contributed by atoms with Crippen molar-refractivity contribution >= 4 is 11.8 Å². The standard InChI is InChI=1S/C9H16N2OS/c1-11-6-5-8(10-11)9(12)4-3-7-13-2/h5-6,9,12H,3-4,7H2,1-2H3. The Balaban J connectivity index is 2.35. The zero-order chi connectivity index (χ0) is 9.68. The van der Waals surface area contributed by atoms with E-state index in [1.807, 2.05) is 31.1 Å². The van der Waals surface area contributed by atoms with Crippen LogP contribution in [0.4, 0.5) is 0 Å². The van der Waals surface area contributed by atoms with Gasteiger partial charge in [-0.3, -0.25) is 4.68 Å². The van der Waals surface area contributed by atoms with Crippen molar-refractivity contribution < 1.29 is 5.11 Å². The predicted octanol–water partition coefficient (Wildman–Crippen LogP) is 1.60. The number of hydrogen-bond acceptors (Lipinski definition) is 3. The second-order valence-corrected chi connectivity index (χ2v) is 4.05. The summed E-state index contributed by atoms with van der Waals surface area (Å²) in [6.45, 7) is 0. The Kier molecular flexibility index (Phi) is 4.32. The zero-order valence-electron chi connectivity index (χ0n) is 8.10. The lowest BCUT2D eigenvalue weighted by Crippen LogP contribution is -2.00. The topological polar surface area (TPSA) is 38.0 Å². The highest BCUT2D eigenvalue weighted by atomic mass is 32.2. The van der Waals surface area contributed by atoms with Gasteiger partial charge in [0, 0.05) is 13.2 Å². The molecule has 0 aliphatic heterocycles. The summed E-state index contributed by atoms with van der Waals surface area (Å²) in [6, 6.07) is 1.86. The van der Waals surface area contributed by atoms with Crippen LogP contribution in [0.3, 0.4) is 0 Å². The number of aliphatic hydroxyl groups is 1. The third kappa shape index (κ3) is 3.40. The van der Waals surface area contributed by atoms with Crippen LogP contribution in [0.25, 0.3) is 0 Å². The van der Waals surface area contributed by atoms with E-state index in [-0.39, 0.29) is 0 Å². The van der Waals surface area contributed by atoms with E-state index < -0.39 is 6.10 Å². The fraction of sp³-hybridized carbons (Fsp3) is 0.667. The summed E-state index contributed by atoms with van der Waals surface area (Å²) in [5.41, 5.74) is 0.781. The molecule has 0 aromatic carbocycles. The largest absolute Gasteiger partial charge is 0.387 e. The SMILES string of the molecule is CSCCCC(O)c1ccn(C)n1. The minimum atomic E-state index is -0.395. The van der Waals surface area contributed by atoms with E-state index in [4.69, 9.17) is 0 Å². The monoisotopic (exact) mass is 200 g/mol. The van der Waals surface area contributed by atoms with Gasteiger partial charge in [-0.2, -0.15) is 16.9 Å². The van der Waals surface area contributed by atoms with Crippen molar-refractivity contribution in [3.63, 3.8) is 0 Å². The van der Waals surface area contributed by atoms with Gasteiger partial charge in [0.25, 0.3) is 0 Å². The van der Waals surface area contributed by atoms with Crippen LogP contribution >= 0.6 is 11.8 Å². The van der Waals surface area contributed by atoms with Gasteiger partial charge in [-0.05, 0) is 30.9 Å². The first-order chi connectivity index (χ1) is 6.24. The Morgan fingerprint density at radius 3 is 3.00 bits per heavy atom. The summed E-state index contributed by atoms with van der Waals surface area (Å²) in [4.78, 5) is 0. The lowest BCUT2D eigenvalue weighted by atomic mass is 10.1. The first-order valence-corrected chi connectivity index (χ1v) is 5.80. The molecule has 1 aromatic rings. The minimum absolute atomic E-state index is 0.395. The number of aromatic nitrogens is 2. The quantitative estimate of drug-likeness (QED) is 0.734. The third-order valence-corrected chi connectivity index (χ3v) is 2.60. The maximum atomic E-state index is 9.68. The first-order valence-electron chi connectivity index (χ1n) is 4.40. The summed E-state index contributed by atoms with van der Waals surface area (Å²) in [6.07, 6.45) is 5.38. The van der Waals surface area contributed by atoms with Gasteiger partial charge in [0.15, 0.2) is 0 Å². The molecule has 1 N–H and O–H groups in total. The van der Waals surface area contributed by atoms with Gasteiger partial charge in [0.2, 0.25) is 0 Å². The molecule has 1 aromatic heterocycles. The molecule has 0 saturated carbocycles. The molecule has 0 radical (unpaired) electrons. The molecule has 0 amide bonds. The Bertz CT molecular complexity index is 250. The number of aliphatic hydroxyl groups excluding tert-OH is 1. The summed E-state index contributed by atoms with van der Waals surface area (Å²) in [7, 11) is 1.86. The van der Waals surface area contributed by atoms with Crippen molar-refractivity contribution in [1.82, 2.24) is 9.78 Å². The lowest BCUT2D eigenvalue weighted by molar-refractivity contribution is 0.161. The van der Waals surface area contributed by atoms with Crippen LogP contribution in [0.15, 0.2) is 12.3 Å². The molecule has 1 heterocycles. The normalized spacial score (nSPS) is 13.2.